The van der Waals surface area contributed by atoms with Gasteiger partial charge < -0.3 is 9.72 Å². The summed E-state index contributed by atoms with van der Waals surface area (Å²) in [6.07, 6.45) is 0.870. The lowest BCUT2D eigenvalue weighted by Crippen LogP contribution is -2.42. The smallest absolute Gasteiger partial charge is 0.305 e. The number of hydrogen-bond donors (Lipinski definition) is 1. The van der Waals surface area contributed by atoms with Gasteiger partial charge in [-0.25, -0.2) is 0 Å². The molecule has 6 nitrogen and oxygen atoms in total. The lowest BCUT2D eigenvalue weighted by atomic mass is 9.68. The number of amides is 2. The van der Waals surface area contributed by atoms with Crippen LogP contribution in [0.1, 0.15) is 22.8 Å². The number of carbonyl (C=O) groups excluding carboxylic acids is 2. The standard InChI is InChI=1S/C26H21ClN2O4S2/c1-33-14-8-2-11(3-9-14)17-18-15-10-16(21(18)34-23-22(17)35-26(32)28-23)20-19(15)24(30)29(25(20)31)13-6-4-12(27)5-7-13/h2-9,15-21H,10H2,1H3,(H,28,32)/t15-,16+,17+,18+,19+,20-,21-/m1/s1. The van der Waals surface area contributed by atoms with Crippen LogP contribution in [0, 0.1) is 29.6 Å². The molecule has 1 saturated heterocycles. The van der Waals surface area contributed by atoms with Gasteiger partial charge in [-0.1, -0.05) is 35.1 Å². The number of H-pyrrole nitrogens is 1. The molecule has 2 bridgehead atoms. The summed E-state index contributed by atoms with van der Waals surface area (Å²) in [5.41, 5.74) is 1.71. The number of fused-ring (bicyclic) bond motifs is 9. The number of hydrogen-bond acceptors (Lipinski definition) is 6. The predicted molar refractivity (Wildman–Crippen MR) is 135 cm³/mol. The molecule has 0 radical (unpaired) electrons. The molecule has 0 spiro atoms. The van der Waals surface area contributed by atoms with Crippen molar-refractivity contribution in [2.45, 2.75) is 22.6 Å². The summed E-state index contributed by atoms with van der Waals surface area (Å²) in [4.78, 5) is 45.1. The fraction of sp³-hybridized carbons (Fsp3) is 0.346. The Morgan fingerprint density at radius 1 is 0.971 bits per heavy atom. The Balaban J connectivity index is 1.31. The Kier molecular flexibility index (Phi) is 4.79. The fourth-order valence-electron chi connectivity index (χ4n) is 7.05. The molecular formula is C26H21ClN2O4S2. The van der Waals surface area contributed by atoms with E-state index in [4.69, 9.17) is 16.3 Å². The quantitative estimate of drug-likeness (QED) is 0.499. The number of ether oxygens (including phenoxy) is 1. The highest BCUT2D eigenvalue weighted by atomic mass is 35.5. The lowest BCUT2D eigenvalue weighted by molar-refractivity contribution is -0.123. The first-order valence-corrected chi connectivity index (χ1v) is 13.7. The Morgan fingerprint density at radius 3 is 2.34 bits per heavy atom. The van der Waals surface area contributed by atoms with E-state index in [0.29, 0.717) is 10.7 Å². The maximum atomic E-state index is 13.7. The van der Waals surface area contributed by atoms with Gasteiger partial charge in [0.25, 0.3) is 0 Å². The van der Waals surface area contributed by atoms with Crippen molar-refractivity contribution in [3.05, 3.63) is 73.7 Å². The number of anilines is 1. The molecule has 4 aliphatic rings. The van der Waals surface area contributed by atoms with Crippen LogP contribution in [0.4, 0.5) is 5.69 Å². The second-order valence-electron chi connectivity index (χ2n) is 9.72. The summed E-state index contributed by atoms with van der Waals surface area (Å²) in [6.45, 7) is 0. The number of imide groups is 1. The minimum Gasteiger partial charge on any atom is -0.497 e. The third-order valence-electron chi connectivity index (χ3n) is 8.28. The van der Waals surface area contributed by atoms with E-state index in [1.54, 1.807) is 43.1 Å². The number of aromatic nitrogens is 1. The number of aromatic amines is 1. The molecule has 2 aromatic carbocycles. The first-order valence-electron chi connectivity index (χ1n) is 11.6. The Labute approximate surface area is 214 Å². The van der Waals surface area contributed by atoms with Crippen LogP contribution in [0.3, 0.4) is 0 Å². The SMILES string of the molecule is COc1ccc([C@@H]2c3sc(=O)[nH]c3S[C@@H]3[C@H]4C[C@@H]([C@@H]5C(=O)N(c6ccc(Cl)cc6)C(=O)[C@H]45)[C@@H]23)cc1. The number of nitrogens with one attached hydrogen (secondary N) is 1. The molecule has 2 aliphatic carbocycles. The molecule has 3 heterocycles. The van der Waals surface area contributed by atoms with Gasteiger partial charge in [0.15, 0.2) is 0 Å². The van der Waals surface area contributed by atoms with E-state index in [9.17, 15) is 14.4 Å². The average molecular weight is 525 g/mol. The number of rotatable bonds is 3. The third kappa shape index (κ3) is 2.99. The molecule has 0 unspecified atom stereocenters. The van der Waals surface area contributed by atoms with E-state index in [1.807, 2.05) is 12.1 Å². The first-order chi connectivity index (χ1) is 17.0. The molecule has 178 valence electrons. The number of nitrogens with zero attached hydrogens (tertiary/aromatic N) is 1. The van der Waals surface area contributed by atoms with Crippen molar-refractivity contribution in [1.29, 1.82) is 0 Å². The lowest BCUT2D eigenvalue weighted by Gasteiger charge is -2.43. The van der Waals surface area contributed by atoms with Gasteiger partial charge in [0.05, 0.1) is 29.7 Å². The molecule has 3 aromatic rings. The van der Waals surface area contributed by atoms with Crippen LogP contribution >= 0.6 is 34.7 Å². The summed E-state index contributed by atoms with van der Waals surface area (Å²) >= 11 is 9.01. The molecular weight excluding hydrogens is 504 g/mol. The van der Waals surface area contributed by atoms with Gasteiger partial charge in [0, 0.05) is 21.1 Å². The summed E-state index contributed by atoms with van der Waals surface area (Å²) in [6, 6.07) is 14.9. The van der Waals surface area contributed by atoms with Crippen LogP contribution < -0.4 is 14.5 Å². The maximum Gasteiger partial charge on any atom is 0.305 e. The summed E-state index contributed by atoms with van der Waals surface area (Å²) < 4.78 is 5.36. The zero-order chi connectivity index (χ0) is 24.0. The topological polar surface area (TPSA) is 79.5 Å². The van der Waals surface area contributed by atoms with Gasteiger partial charge in [-0.3, -0.25) is 19.3 Å². The highest BCUT2D eigenvalue weighted by Gasteiger charge is 2.69. The fourth-order valence-corrected chi connectivity index (χ4v) is 10.1. The van der Waals surface area contributed by atoms with Crippen LogP contribution in [0.25, 0.3) is 0 Å². The molecule has 2 amide bonds. The van der Waals surface area contributed by atoms with Crippen LogP contribution in [0.15, 0.2) is 58.4 Å². The molecule has 3 fully saturated rings. The van der Waals surface area contributed by atoms with Crippen molar-refractivity contribution in [3.63, 3.8) is 0 Å². The Hall–Kier alpha value is -2.55. The van der Waals surface area contributed by atoms with Crippen LogP contribution in [0.5, 0.6) is 5.75 Å². The van der Waals surface area contributed by atoms with Gasteiger partial charge >= 0.3 is 4.87 Å². The number of carbonyl (C=O) groups is 2. The molecule has 35 heavy (non-hydrogen) atoms. The van der Waals surface area contributed by atoms with Crippen molar-refractivity contribution >= 4 is 52.2 Å². The summed E-state index contributed by atoms with van der Waals surface area (Å²) in [5.74, 6) is 0.346. The van der Waals surface area contributed by atoms with Gasteiger partial charge in [0.2, 0.25) is 11.8 Å². The zero-order valence-electron chi connectivity index (χ0n) is 18.6. The Morgan fingerprint density at radius 2 is 1.66 bits per heavy atom. The van der Waals surface area contributed by atoms with Gasteiger partial charge in [0.1, 0.15) is 5.75 Å². The average Bonchev–Trinajstić information content (AvgIpc) is 3.59. The molecule has 1 N–H and O–H groups in total. The maximum absolute atomic E-state index is 13.7. The number of thiazole rings is 1. The second-order valence-corrected chi connectivity index (χ2v) is 12.4. The molecule has 2 aliphatic heterocycles. The third-order valence-corrected chi connectivity index (χ3v) is 11.1. The van der Waals surface area contributed by atoms with E-state index in [1.165, 1.54) is 16.2 Å². The highest BCUT2D eigenvalue weighted by molar-refractivity contribution is 8.00. The number of halogens is 1. The minimum atomic E-state index is -0.317. The predicted octanol–water partition coefficient (Wildman–Crippen LogP) is 4.78. The highest BCUT2D eigenvalue weighted by Crippen LogP contribution is 2.68. The largest absolute Gasteiger partial charge is 0.497 e. The minimum absolute atomic E-state index is 0.00883. The van der Waals surface area contributed by atoms with Crippen LogP contribution in [-0.2, 0) is 9.59 Å². The monoisotopic (exact) mass is 524 g/mol. The second kappa shape index (κ2) is 7.72. The molecule has 1 aromatic heterocycles. The van der Waals surface area contributed by atoms with Crippen molar-refractivity contribution in [2.24, 2.45) is 29.6 Å². The molecule has 2 saturated carbocycles. The van der Waals surface area contributed by atoms with E-state index < -0.39 is 0 Å². The van der Waals surface area contributed by atoms with E-state index in [-0.39, 0.29) is 57.4 Å². The van der Waals surface area contributed by atoms with Crippen molar-refractivity contribution in [2.75, 3.05) is 12.0 Å². The van der Waals surface area contributed by atoms with E-state index in [0.717, 1.165) is 27.6 Å². The van der Waals surface area contributed by atoms with Gasteiger partial charge in [-0.05, 0) is 66.1 Å². The first kappa shape index (κ1) is 21.7. The number of methoxy groups -OCH3 is 1. The van der Waals surface area contributed by atoms with Crippen molar-refractivity contribution in [1.82, 2.24) is 4.98 Å². The van der Waals surface area contributed by atoms with Crippen molar-refractivity contribution in [3.8, 4) is 5.75 Å². The van der Waals surface area contributed by atoms with Gasteiger partial charge in [-0.15, -0.1) is 11.8 Å². The van der Waals surface area contributed by atoms with Crippen LogP contribution in [-0.4, -0.2) is 29.2 Å². The number of benzene rings is 2. The molecule has 7 rings (SSSR count). The number of thioether (sulfide) groups is 1. The normalized spacial score (nSPS) is 32.5. The molecule has 9 heteroatoms. The van der Waals surface area contributed by atoms with Crippen molar-refractivity contribution < 1.29 is 14.3 Å². The zero-order valence-corrected chi connectivity index (χ0v) is 21.0. The van der Waals surface area contributed by atoms with Gasteiger partial charge in [-0.2, -0.15) is 0 Å². The Bertz CT molecular complexity index is 1420. The summed E-state index contributed by atoms with van der Waals surface area (Å²) in [5, 5.41) is 1.66. The van der Waals surface area contributed by atoms with E-state index in [2.05, 4.69) is 17.1 Å². The molecule has 7 atom stereocenters. The van der Waals surface area contributed by atoms with Crippen LogP contribution in [0.2, 0.25) is 5.02 Å². The van der Waals surface area contributed by atoms with E-state index >= 15 is 0 Å². The summed E-state index contributed by atoms with van der Waals surface area (Å²) in [7, 11) is 1.64.